The van der Waals surface area contributed by atoms with E-state index in [1.165, 1.54) is 6.07 Å². The van der Waals surface area contributed by atoms with Gasteiger partial charge in [-0.05, 0) is 75.1 Å². The number of fused-ring (bicyclic) bond motifs is 3. The van der Waals surface area contributed by atoms with Gasteiger partial charge in [0.2, 0.25) is 0 Å². The molecule has 2 heterocycles. The second-order valence-electron chi connectivity index (χ2n) is 11.9. The second kappa shape index (κ2) is 10.5. The molecule has 2 aliphatic carbocycles. The third kappa shape index (κ3) is 4.82. The van der Waals surface area contributed by atoms with Crippen LogP contribution in [0.2, 0.25) is 10.0 Å². The fourth-order valence-corrected chi connectivity index (χ4v) is 8.54. The molecule has 222 valence electrons. The molecule has 42 heavy (non-hydrogen) atoms. The molecular weight excluding hydrogens is 606 g/mol. The van der Waals surface area contributed by atoms with E-state index in [2.05, 4.69) is 17.1 Å². The fraction of sp³-hybridized carbons (Fsp3) is 0.433. The number of carboxylic acid groups (broad SMARTS) is 1. The Morgan fingerprint density at radius 1 is 1.24 bits per heavy atom. The third-order valence-corrected chi connectivity index (χ3v) is 10.4. The molecular formula is C30H29Cl2FN2O6S. The number of nitrogens with zero attached hydrogens (tertiary/aromatic N) is 2. The quantitative estimate of drug-likeness (QED) is 0.195. The van der Waals surface area contributed by atoms with Crippen LogP contribution in [0.4, 0.5) is 4.39 Å². The first-order valence-electron chi connectivity index (χ1n) is 13.6. The van der Waals surface area contributed by atoms with Crippen LogP contribution in [-0.2, 0) is 22.5 Å². The maximum absolute atomic E-state index is 14.7. The summed E-state index contributed by atoms with van der Waals surface area (Å²) in [4.78, 5) is 15.9. The maximum Gasteiger partial charge on any atom is 0.335 e. The molecule has 2 aliphatic rings. The third-order valence-electron chi connectivity index (χ3n) is 8.64. The number of benzene rings is 2. The van der Waals surface area contributed by atoms with Crippen LogP contribution < -0.4 is 0 Å². The number of halogens is 3. The summed E-state index contributed by atoms with van der Waals surface area (Å²) in [5.74, 6) is -1.96. The second-order valence-corrected chi connectivity index (χ2v) is 13.7. The van der Waals surface area contributed by atoms with E-state index in [9.17, 15) is 24.5 Å². The number of rotatable bonds is 7. The minimum Gasteiger partial charge on any atom is -0.478 e. The normalized spacial score (nSPS) is 25.8. The number of hydrogen-bond acceptors (Lipinski definition) is 8. The topological polar surface area (TPSA) is 126 Å². The van der Waals surface area contributed by atoms with Crippen molar-refractivity contribution in [1.82, 2.24) is 10.1 Å². The summed E-state index contributed by atoms with van der Waals surface area (Å²) in [5.41, 5.74) is -1.31. The van der Waals surface area contributed by atoms with Crippen molar-refractivity contribution in [3.05, 3.63) is 68.1 Å². The molecule has 0 radical (unpaired) electrons. The van der Waals surface area contributed by atoms with Crippen molar-refractivity contribution in [2.45, 2.75) is 63.9 Å². The highest BCUT2D eigenvalue weighted by Gasteiger charge is 2.59. The van der Waals surface area contributed by atoms with Crippen molar-refractivity contribution in [1.29, 1.82) is 0 Å². The summed E-state index contributed by atoms with van der Waals surface area (Å²) in [7, 11) is 0. The van der Waals surface area contributed by atoms with Gasteiger partial charge >= 0.3 is 5.97 Å². The lowest BCUT2D eigenvalue weighted by molar-refractivity contribution is -0.120. The molecule has 0 spiro atoms. The zero-order chi connectivity index (χ0) is 30.1. The first kappa shape index (κ1) is 29.5. The van der Waals surface area contributed by atoms with E-state index in [1.807, 2.05) is 0 Å². The Morgan fingerprint density at radius 3 is 2.60 bits per heavy atom. The first-order valence-corrected chi connectivity index (χ1v) is 15.2. The molecule has 6 rings (SSSR count). The number of thiazole rings is 1. The number of aliphatic hydroxyl groups is 2. The van der Waals surface area contributed by atoms with Gasteiger partial charge in [0.05, 0.1) is 38.6 Å². The Labute approximate surface area is 255 Å². The van der Waals surface area contributed by atoms with Crippen molar-refractivity contribution in [2.75, 3.05) is 0 Å². The monoisotopic (exact) mass is 634 g/mol. The molecule has 0 unspecified atom stereocenters. The van der Waals surface area contributed by atoms with Crippen molar-refractivity contribution in [2.24, 2.45) is 17.8 Å². The summed E-state index contributed by atoms with van der Waals surface area (Å²) >= 11 is 14.1. The van der Waals surface area contributed by atoms with E-state index in [-0.39, 0.29) is 47.3 Å². The molecule has 2 bridgehead atoms. The predicted octanol–water partition coefficient (Wildman–Crippen LogP) is 7.16. The maximum atomic E-state index is 14.7. The molecule has 3 N–H and O–H groups in total. The van der Waals surface area contributed by atoms with Crippen molar-refractivity contribution in [3.8, 4) is 11.3 Å². The van der Waals surface area contributed by atoms with Crippen molar-refractivity contribution < 1.29 is 33.8 Å². The number of ether oxygens (including phenoxy) is 1. The van der Waals surface area contributed by atoms with Gasteiger partial charge in [-0.3, -0.25) is 0 Å². The van der Waals surface area contributed by atoms with E-state index in [0.717, 1.165) is 23.8 Å². The van der Waals surface area contributed by atoms with Crippen LogP contribution in [0.15, 0.2) is 34.9 Å². The number of aromatic carboxylic acids is 1. The molecule has 2 aromatic carbocycles. The van der Waals surface area contributed by atoms with Gasteiger partial charge in [0.1, 0.15) is 27.4 Å². The summed E-state index contributed by atoms with van der Waals surface area (Å²) in [5, 5.41) is 37.6. The number of aromatic nitrogens is 2. The SMILES string of the molecule is C[C@H]1C[C@@H]2C[C@@H](OCc3c(-c4c(Cl)cccc4Cl)noc3C(C)(C)O)C[C@H]1[C@]2(O)c1nc2c(F)cc(C(=O)O)cc2s1. The Morgan fingerprint density at radius 2 is 1.95 bits per heavy atom. The highest BCUT2D eigenvalue weighted by molar-refractivity contribution is 7.18. The van der Waals surface area contributed by atoms with Gasteiger partial charge in [0.15, 0.2) is 11.6 Å². The van der Waals surface area contributed by atoms with Crippen LogP contribution in [0, 0.1) is 23.6 Å². The van der Waals surface area contributed by atoms with Gasteiger partial charge in [-0.25, -0.2) is 14.2 Å². The van der Waals surface area contributed by atoms with Gasteiger partial charge in [0.25, 0.3) is 0 Å². The Bertz CT molecular complexity index is 1680. The lowest BCUT2D eigenvalue weighted by Crippen LogP contribution is -2.45. The molecule has 0 amide bonds. The molecule has 2 aromatic heterocycles. The van der Waals surface area contributed by atoms with Crippen LogP contribution in [0.25, 0.3) is 21.5 Å². The summed E-state index contributed by atoms with van der Waals surface area (Å²) in [6, 6.07) is 7.48. The van der Waals surface area contributed by atoms with E-state index >= 15 is 0 Å². The Balaban J connectivity index is 1.28. The molecule has 2 fully saturated rings. The molecule has 0 saturated heterocycles. The summed E-state index contributed by atoms with van der Waals surface area (Å²) < 4.78 is 27.1. The minimum absolute atomic E-state index is 0.0659. The average Bonchev–Trinajstić information content (AvgIpc) is 3.56. The average molecular weight is 636 g/mol. The summed E-state index contributed by atoms with van der Waals surface area (Å²) in [6.45, 7) is 5.34. The van der Waals surface area contributed by atoms with Crippen molar-refractivity contribution >= 4 is 50.7 Å². The van der Waals surface area contributed by atoms with Crippen LogP contribution in [0.3, 0.4) is 0 Å². The van der Waals surface area contributed by atoms with Crippen LogP contribution >= 0.6 is 34.5 Å². The Kier molecular flexibility index (Phi) is 7.39. The zero-order valence-electron chi connectivity index (χ0n) is 23.0. The van der Waals surface area contributed by atoms with Gasteiger partial charge in [-0.2, -0.15) is 0 Å². The van der Waals surface area contributed by atoms with Crippen LogP contribution in [0.1, 0.15) is 66.7 Å². The first-order chi connectivity index (χ1) is 19.8. The zero-order valence-corrected chi connectivity index (χ0v) is 25.4. The molecule has 0 aliphatic heterocycles. The summed E-state index contributed by atoms with van der Waals surface area (Å²) in [6.07, 6.45) is 1.57. The highest BCUT2D eigenvalue weighted by Crippen LogP contribution is 2.59. The van der Waals surface area contributed by atoms with Gasteiger partial charge in [-0.1, -0.05) is 41.3 Å². The number of carbonyl (C=O) groups is 1. The van der Waals surface area contributed by atoms with Gasteiger partial charge in [-0.15, -0.1) is 11.3 Å². The number of hydrogen-bond donors (Lipinski definition) is 3. The van der Waals surface area contributed by atoms with Crippen LogP contribution in [0.5, 0.6) is 0 Å². The number of carboxylic acids is 1. The predicted molar refractivity (Wildman–Crippen MR) is 156 cm³/mol. The minimum atomic E-state index is -1.35. The van der Waals surface area contributed by atoms with Gasteiger partial charge < -0.3 is 24.6 Å². The van der Waals surface area contributed by atoms with E-state index in [1.54, 1.807) is 32.0 Å². The smallest absolute Gasteiger partial charge is 0.335 e. The van der Waals surface area contributed by atoms with Crippen LogP contribution in [-0.4, -0.2) is 37.5 Å². The molecule has 12 heteroatoms. The largest absolute Gasteiger partial charge is 0.478 e. The molecule has 4 aromatic rings. The van der Waals surface area contributed by atoms with E-state index in [4.69, 9.17) is 32.5 Å². The fourth-order valence-electron chi connectivity index (χ4n) is 6.71. The highest BCUT2D eigenvalue weighted by atomic mass is 35.5. The van der Waals surface area contributed by atoms with E-state index in [0.29, 0.717) is 49.4 Å². The van der Waals surface area contributed by atoms with Gasteiger partial charge in [0, 0.05) is 5.56 Å². The van der Waals surface area contributed by atoms with E-state index < -0.39 is 23.0 Å². The lowest BCUT2D eigenvalue weighted by atomic mass is 9.72. The molecule has 8 nitrogen and oxygen atoms in total. The standard InChI is InChI=1S/C30H29Cl2FN2O6S/c1-13-7-15-10-16(11-18(13)30(15,39)28-34-25-21(33)8-14(27(36)37)9-22(25)42-28)40-12-17-24(35-41-26(17)29(2,3)38)23-19(31)5-4-6-20(23)32/h4-6,8-9,13,15-16,18,38-39H,7,10-12H2,1-3H3,(H,36,37)/t13-,15+,16+,18+,30-/m0/s1. The lowest BCUT2D eigenvalue weighted by Gasteiger charge is -2.42. The Hall–Kier alpha value is -2.60. The molecule has 5 atom stereocenters. The van der Waals surface area contributed by atoms with Crippen molar-refractivity contribution in [3.63, 3.8) is 0 Å². The molecule has 2 saturated carbocycles.